The smallest absolute Gasteiger partial charge is 0.327 e. The first kappa shape index (κ1) is 14.9. The molecule has 2 atom stereocenters. The molecule has 0 bridgehead atoms. The fourth-order valence-corrected chi connectivity index (χ4v) is 3.32. The molecule has 1 aromatic rings. The number of carbonyl (C=O) groups excluding carboxylic acids is 1. The normalized spacial score (nSPS) is 19.9. The van der Waals surface area contributed by atoms with E-state index in [4.69, 9.17) is 10.8 Å². The summed E-state index contributed by atoms with van der Waals surface area (Å²) in [4.78, 5) is 24.7. The monoisotopic (exact) mass is 294 g/mol. The number of carbonyl (C=O) groups is 2. The number of carboxylic acid groups (broad SMARTS) is 1. The van der Waals surface area contributed by atoms with E-state index in [0.717, 1.165) is 5.56 Å². The summed E-state index contributed by atoms with van der Waals surface area (Å²) in [6.45, 7) is 0. The van der Waals surface area contributed by atoms with E-state index in [1.807, 2.05) is 30.3 Å². The van der Waals surface area contributed by atoms with Gasteiger partial charge in [-0.15, -0.1) is 11.8 Å². The minimum absolute atomic E-state index is 0.265. The number of carboxylic acids is 1. The van der Waals surface area contributed by atoms with E-state index >= 15 is 0 Å². The molecule has 0 spiro atoms. The number of amides is 1. The maximum absolute atomic E-state index is 12.2. The number of aryl methyl sites for hydroxylation is 1. The van der Waals surface area contributed by atoms with E-state index < -0.39 is 18.1 Å². The topological polar surface area (TPSA) is 83.6 Å². The van der Waals surface area contributed by atoms with Gasteiger partial charge in [-0.1, -0.05) is 30.3 Å². The van der Waals surface area contributed by atoms with Gasteiger partial charge < -0.3 is 15.7 Å². The average molecular weight is 294 g/mol. The molecule has 1 aliphatic heterocycles. The molecule has 6 heteroatoms. The molecule has 1 amide bonds. The number of aliphatic carboxylic acids is 1. The molecule has 1 fully saturated rings. The van der Waals surface area contributed by atoms with Crippen molar-refractivity contribution in [2.24, 2.45) is 5.73 Å². The second kappa shape index (κ2) is 6.76. The Morgan fingerprint density at radius 3 is 2.75 bits per heavy atom. The van der Waals surface area contributed by atoms with Crippen LogP contribution in [0.15, 0.2) is 30.3 Å². The number of thioether (sulfide) groups is 1. The Hall–Kier alpha value is -1.53. The highest BCUT2D eigenvalue weighted by molar-refractivity contribution is 7.99. The molecule has 5 nitrogen and oxygen atoms in total. The van der Waals surface area contributed by atoms with E-state index in [2.05, 4.69) is 0 Å². The van der Waals surface area contributed by atoms with Crippen molar-refractivity contribution in [3.63, 3.8) is 0 Å². The summed E-state index contributed by atoms with van der Waals surface area (Å²) < 4.78 is 0. The van der Waals surface area contributed by atoms with Crippen LogP contribution < -0.4 is 5.73 Å². The molecule has 20 heavy (non-hydrogen) atoms. The average Bonchev–Trinajstić information content (AvgIpc) is 2.94. The van der Waals surface area contributed by atoms with Crippen LogP contribution in [0.4, 0.5) is 0 Å². The number of nitrogens with two attached hydrogens (primary N) is 1. The van der Waals surface area contributed by atoms with Crippen molar-refractivity contribution in [3.8, 4) is 0 Å². The standard InChI is InChI=1S/C14H18N2O3S/c15-11(7-6-10-4-2-1-3-5-10)13(17)16-9-20-8-12(16)14(18)19/h1-5,11-12H,6-9,15H2,(H,18,19)/t11-,12?/m0/s1. The third kappa shape index (κ3) is 3.52. The summed E-state index contributed by atoms with van der Waals surface area (Å²) in [6, 6.07) is 8.42. The van der Waals surface area contributed by atoms with E-state index in [-0.39, 0.29) is 5.91 Å². The Labute approximate surface area is 122 Å². The van der Waals surface area contributed by atoms with Gasteiger partial charge in [0.15, 0.2) is 0 Å². The first-order valence-corrected chi connectivity index (χ1v) is 7.65. The predicted octanol–water partition coefficient (Wildman–Crippen LogP) is 0.933. The molecule has 0 saturated carbocycles. The Kier molecular flexibility index (Phi) is 5.03. The Morgan fingerprint density at radius 1 is 1.40 bits per heavy atom. The second-order valence-corrected chi connectivity index (χ2v) is 5.79. The number of hydrogen-bond donors (Lipinski definition) is 2. The van der Waals surface area contributed by atoms with Crippen LogP contribution in [-0.2, 0) is 16.0 Å². The van der Waals surface area contributed by atoms with E-state index in [9.17, 15) is 9.59 Å². The van der Waals surface area contributed by atoms with E-state index in [0.29, 0.717) is 24.5 Å². The van der Waals surface area contributed by atoms with Crippen molar-refractivity contribution in [2.45, 2.75) is 24.9 Å². The Bertz CT molecular complexity index is 481. The fraction of sp³-hybridized carbons (Fsp3) is 0.429. The van der Waals surface area contributed by atoms with Crippen LogP contribution in [0.2, 0.25) is 0 Å². The third-order valence-electron chi connectivity index (χ3n) is 3.35. The van der Waals surface area contributed by atoms with Gasteiger partial charge in [0.1, 0.15) is 6.04 Å². The van der Waals surface area contributed by atoms with Crippen LogP contribution in [-0.4, -0.2) is 45.6 Å². The summed E-state index contributed by atoms with van der Waals surface area (Å²) in [5, 5.41) is 9.07. The predicted molar refractivity (Wildman–Crippen MR) is 78.3 cm³/mol. The molecule has 1 aromatic carbocycles. The van der Waals surface area contributed by atoms with Crippen molar-refractivity contribution in [2.75, 3.05) is 11.6 Å². The largest absolute Gasteiger partial charge is 0.480 e. The molecule has 0 radical (unpaired) electrons. The zero-order chi connectivity index (χ0) is 14.5. The summed E-state index contributed by atoms with van der Waals surface area (Å²) in [6.07, 6.45) is 1.24. The minimum atomic E-state index is -0.960. The van der Waals surface area contributed by atoms with Crippen molar-refractivity contribution in [1.82, 2.24) is 4.90 Å². The Morgan fingerprint density at radius 2 is 2.10 bits per heavy atom. The highest BCUT2D eigenvalue weighted by Crippen LogP contribution is 2.22. The van der Waals surface area contributed by atoms with E-state index in [1.165, 1.54) is 16.7 Å². The summed E-state index contributed by atoms with van der Waals surface area (Å²) >= 11 is 1.45. The van der Waals surface area contributed by atoms with Crippen molar-refractivity contribution in [1.29, 1.82) is 0 Å². The lowest BCUT2D eigenvalue weighted by molar-refractivity contribution is -0.148. The number of nitrogens with zero attached hydrogens (tertiary/aromatic N) is 1. The van der Waals surface area contributed by atoms with Crippen LogP contribution in [0.5, 0.6) is 0 Å². The molecule has 3 N–H and O–H groups in total. The van der Waals surface area contributed by atoms with Crippen molar-refractivity contribution >= 4 is 23.6 Å². The highest BCUT2D eigenvalue weighted by atomic mass is 32.2. The fourth-order valence-electron chi connectivity index (χ4n) is 2.17. The first-order valence-electron chi connectivity index (χ1n) is 6.50. The van der Waals surface area contributed by atoms with Gasteiger partial charge in [-0.25, -0.2) is 4.79 Å². The van der Waals surface area contributed by atoms with Gasteiger partial charge in [-0.3, -0.25) is 4.79 Å². The lowest BCUT2D eigenvalue weighted by Crippen LogP contribution is -2.49. The van der Waals surface area contributed by atoms with Crippen LogP contribution in [0.1, 0.15) is 12.0 Å². The van der Waals surface area contributed by atoms with Gasteiger partial charge in [0.05, 0.1) is 11.9 Å². The van der Waals surface area contributed by atoms with Crippen LogP contribution in [0, 0.1) is 0 Å². The molecule has 1 aliphatic rings. The maximum Gasteiger partial charge on any atom is 0.327 e. The van der Waals surface area contributed by atoms with Crippen LogP contribution in [0.3, 0.4) is 0 Å². The highest BCUT2D eigenvalue weighted by Gasteiger charge is 2.36. The van der Waals surface area contributed by atoms with Crippen LogP contribution in [0.25, 0.3) is 0 Å². The van der Waals surface area contributed by atoms with Crippen LogP contribution >= 0.6 is 11.8 Å². The molecule has 1 unspecified atom stereocenters. The summed E-state index contributed by atoms with van der Waals surface area (Å²) in [7, 11) is 0. The molecular formula is C14H18N2O3S. The molecule has 0 aliphatic carbocycles. The van der Waals surface area contributed by atoms with Gasteiger partial charge in [0, 0.05) is 5.75 Å². The SMILES string of the molecule is N[C@@H](CCc1ccccc1)C(=O)N1CSCC1C(=O)O. The third-order valence-corrected chi connectivity index (χ3v) is 4.37. The Balaban J connectivity index is 1.90. The quantitative estimate of drug-likeness (QED) is 0.844. The zero-order valence-corrected chi connectivity index (χ0v) is 11.9. The summed E-state index contributed by atoms with van der Waals surface area (Å²) in [5.41, 5.74) is 7.04. The lowest BCUT2D eigenvalue weighted by Gasteiger charge is -2.23. The van der Waals surface area contributed by atoms with Crippen molar-refractivity contribution in [3.05, 3.63) is 35.9 Å². The lowest BCUT2D eigenvalue weighted by atomic mass is 10.0. The zero-order valence-electron chi connectivity index (χ0n) is 11.1. The van der Waals surface area contributed by atoms with Gasteiger partial charge >= 0.3 is 5.97 Å². The number of rotatable bonds is 5. The van der Waals surface area contributed by atoms with Gasteiger partial charge in [0.25, 0.3) is 0 Å². The van der Waals surface area contributed by atoms with Crippen molar-refractivity contribution < 1.29 is 14.7 Å². The second-order valence-electron chi connectivity index (χ2n) is 4.79. The van der Waals surface area contributed by atoms with Gasteiger partial charge in [-0.05, 0) is 18.4 Å². The van der Waals surface area contributed by atoms with Gasteiger partial charge in [0.2, 0.25) is 5.91 Å². The minimum Gasteiger partial charge on any atom is -0.480 e. The molecule has 1 saturated heterocycles. The molecule has 2 rings (SSSR count). The maximum atomic E-state index is 12.2. The molecule has 0 aromatic heterocycles. The number of hydrogen-bond acceptors (Lipinski definition) is 4. The summed E-state index contributed by atoms with van der Waals surface area (Å²) in [5.74, 6) is -0.377. The number of benzene rings is 1. The molecule has 1 heterocycles. The first-order chi connectivity index (χ1) is 9.59. The molecular weight excluding hydrogens is 276 g/mol. The van der Waals surface area contributed by atoms with E-state index in [1.54, 1.807) is 0 Å². The molecule has 108 valence electrons. The van der Waals surface area contributed by atoms with Gasteiger partial charge in [-0.2, -0.15) is 0 Å².